The van der Waals surface area contributed by atoms with E-state index in [9.17, 15) is 9.59 Å². The second kappa shape index (κ2) is 9.03. The fourth-order valence-corrected chi connectivity index (χ4v) is 6.03. The van der Waals surface area contributed by atoms with Crippen LogP contribution in [0.15, 0.2) is 73.3 Å². The van der Waals surface area contributed by atoms with Crippen molar-refractivity contribution in [2.45, 2.75) is 13.0 Å². The van der Waals surface area contributed by atoms with E-state index < -0.39 is 12.0 Å². The van der Waals surface area contributed by atoms with Gasteiger partial charge in [0.2, 0.25) is 0 Å². The van der Waals surface area contributed by atoms with Gasteiger partial charge in [-0.25, -0.2) is 9.79 Å². The number of nitrogens with zero attached hydrogens (tertiary/aromatic N) is 2. The summed E-state index contributed by atoms with van der Waals surface area (Å²) in [5.74, 6) is 0.503. The van der Waals surface area contributed by atoms with Crippen LogP contribution in [0, 0.1) is 0 Å². The topological polar surface area (TPSA) is 73.8 Å². The first kappa shape index (κ1) is 22.9. The van der Waals surface area contributed by atoms with Crippen LogP contribution >= 0.6 is 45.9 Å². The zero-order chi connectivity index (χ0) is 24.0. The first-order valence-electron chi connectivity index (χ1n) is 10.1. The van der Waals surface area contributed by atoms with Crippen molar-refractivity contribution in [1.82, 2.24) is 4.57 Å². The third kappa shape index (κ3) is 3.96. The van der Waals surface area contributed by atoms with Crippen LogP contribution in [0.2, 0.25) is 10.0 Å². The molecule has 0 N–H and O–H groups in total. The monoisotopic (exact) mass is 530 g/mol. The molecule has 0 spiro atoms. The van der Waals surface area contributed by atoms with Crippen molar-refractivity contribution in [3.05, 3.63) is 99.5 Å². The van der Waals surface area contributed by atoms with E-state index in [-0.39, 0.29) is 5.56 Å². The van der Waals surface area contributed by atoms with Crippen molar-refractivity contribution < 1.29 is 13.9 Å². The number of halogens is 2. The van der Waals surface area contributed by atoms with Crippen molar-refractivity contribution in [2.75, 3.05) is 7.11 Å². The molecule has 0 fully saturated rings. The highest BCUT2D eigenvalue weighted by Gasteiger charge is 2.33. The number of hydrogen-bond acceptors (Lipinski definition) is 7. The number of furan rings is 1. The van der Waals surface area contributed by atoms with Gasteiger partial charge in [0.25, 0.3) is 5.56 Å². The number of ether oxygens (including phenoxy) is 1. The molecule has 1 aromatic carbocycles. The molecule has 0 saturated heterocycles. The summed E-state index contributed by atoms with van der Waals surface area (Å²) < 4.78 is 12.9. The number of methoxy groups -OCH3 is 1. The zero-order valence-electron chi connectivity index (χ0n) is 17.9. The summed E-state index contributed by atoms with van der Waals surface area (Å²) in [6.45, 7) is 1.75. The largest absolute Gasteiger partial charge is 0.466 e. The average Bonchev–Trinajstić information content (AvgIpc) is 3.56. The normalized spacial score (nSPS) is 15.9. The molecule has 10 heteroatoms. The molecule has 172 valence electrons. The molecule has 3 aromatic heterocycles. The standard InChI is InChI=1S/C24H16Cl2N2O4S2/c1-12-20(23(30)31-2)21(18-4-3-9-33-18)28-22(29)19(34-24(28)27-12)11-14-6-8-17(32-14)15-10-13(25)5-7-16(15)26/h3-11,21H,1-2H3. The lowest BCUT2D eigenvalue weighted by molar-refractivity contribution is -0.136. The summed E-state index contributed by atoms with van der Waals surface area (Å²) >= 11 is 15.1. The Balaban J connectivity index is 1.64. The Morgan fingerprint density at radius 1 is 1.24 bits per heavy atom. The highest BCUT2D eigenvalue weighted by molar-refractivity contribution is 7.10. The lowest BCUT2D eigenvalue weighted by Crippen LogP contribution is -2.39. The summed E-state index contributed by atoms with van der Waals surface area (Å²) in [6.07, 6.45) is 1.66. The van der Waals surface area contributed by atoms with E-state index in [2.05, 4.69) is 4.99 Å². The highest BCUT2D eigenvalue weighted by atomic mass is 35.5. The molecular weight excluding hydrogens is 515 g/mol. The van der Waals surface area contributed by atoms with Gasteiger partial charge >= 0.3 is 5.97 Å². The number of benzene rings is 1. The van der Waals surface area contributed by atoms with Gasteiger partial charge in [0.1, 0.15) is 17.6 Å². The Kier molecular flexibility index (Phi) is 6.07. The van der Waals surface area contributed by atoms with E-state index >= 15 is 0 Å². The van der Waals surface area contributed by atoms with E-state index in [1.165, 1.54) is 29.8 Å². The van der Waals surface area contributed by atoms with Crippen LogP contribution in [0.5, 0.6) is 0 Å². The first-order valence-corrected chi connectivity index (χ1v) is 12.5. The molecule has 34 heavy (non-hydrogen) atoms. The highest BCUT2D eigenvalue weighted by Crippen LogP contribution is 2.34. The maximum atomic E-state index is 13.5. The van der Waals surface area contributed by atoms with E-state index in [1.807, 2.05) is 17.5 Å². The molecule has 5 rings (SSSR count). The van der Waals surface area contributed by atoms with Gasteiger partial charge in [0, 0.05) is 21.5 Å². The van der Waals surface area contributed by atoms with E-state index in [1.54, 1.807) is 47.9 Å². The van der Waals surface area contributed by atoms with Gasteiger partial charge in [-0.3, -0.25) is 9.36 Å². The summed E-state index contributed by atoms with van der Waals surface area (Å²) in [5.41, 5.74) is 1.26. The lowest BCUT2D eigenvalue weighted by atomic mass is 10.0. The molecule has 6 nitrogen and oxygen atoms in total. The first-order chi connectivity index (χ1) is 16.4. The molecule has 1 aliphatic rings. The number of rotatable bonds is 4. The van der Waals surface area contributed by atoms with Crippen LogP contribution in [-0.2, 0) is 9.53 Å². The SMILES string of the molecule is COC(=O)C1=C(C)N=c2sc(=Cc3ccc(-c4cc(Cl)ccc4Cl)o3)c(=O)n2C1c1cccs1. The smallest absolute Gasteiger partial charge is 0.338 e. The van der Waals surface area contributed by atoms with Crippen molar-refractivity contribution >= 4 is 57.9 Å². The molecule has 0 bridgehead atoms. The minimum Gasteiger partial charge on any atom is -0.466 e. The van der Waals surface area contributed by atoms with Crippen molar-refractivity contribution in [3.63, 3.8) is 0 Å². The molecule has 0 aliphatic carbocycles. The Hall–Kier alpha value is -2.91. The number of thiophene rings is 1. The van der Waals surface area contributed by atoms with Gasteiger partial charge in [-0.05, 0) is 48.7 Å². The summed E-state index contributed by atoms with van der Waals surface area (Å²) in [5, 5.41) is 2.95. The number of carbonyl (C=O) groups excluding carboxylic acids is 1. The number of esters is 1. The number of hydrogen-bond donors (Lipinski definition) is 0. The van der Waals surface area contributed by atoms with Gasteiger partial charge in [-0.1, -0.05) is 40.6 Å². The number of fused-ring (bicyclic) bond motifs is 1. The molecule has 4 aromatic rings. The number of aromatic nitrogens is 1. The molecule has 1 atom stereocenters. The summed E-state index contributed by atoms with van der Waals surface area (Å²) in [7, 11) is 1.32. The van der Waals surface area contributed by atoms with E-state index in [0.717, 1.165) is 4.88 Å². The molecule has 0 amide bonds. The fourth-order valence-electron chi connectivity index (χ4n) is 3.80. The maximum absolute atomic E-state index is 13.5. The van der Waals surface area contributed by atoms with Crippen LogP contribution in [0.3, 0.4) is 0 Å². The molecular formula is C24H16Cl2N2O4S2. The predicted octanol–water partition coefficient (Wildman–Crippen LogP) is 5.04. The van der Waals surface area contributed by atoms with Gasteiger partial charge < -0.3 is 9.15 Å². The Bertz CT molecular complexity index is 1630. The Morgan fingerprint density at radius 2 is 2.06 bits per heavy atom. The van der Waals surface area contributed by atoms with Gasteiger partial charge in [0.15, 0.2) is 4.80 Å². The minimum atomic E-state index is -0.608. The summed E-state index contributed by atoms with van der Waals surface area (Å²) in [4.78, 5) is 32.0. The van der Waals surface area contributed by atoms with Crippen LogP contribution in [0.1, 0.15) is 23.6 Å². The van der Waals surface area contributed by atoms with E-state index in [0.29, 0.717) is 47.7 Å². The van der Waals surface area contributed by atoms with Crippen molar-refractivity contribution in [2.24, 2.45) is 4.99 Å². The Labute approximate surface area is 211 Å². The quantitative estimate of drug-likeness (QED) is 0.346. The van der Waals surface area contributed by atoms with Crippen LogP contribution in [0.25, 0.3) is 17.4 Å². The average molecular weight is 531 g/mol. The third-order valence-corrected chi connectivity index (χ3v) is 7.81. The number of thiazole rings is 1. The fraction of sp³-hybridized carbons (Fsp3) is 0.125. The van der Waals surface area contributed by atoms with Crippen LogP contribution in [0.4, 0.5) is 0 Å². The second-order valence-corrected chi connectivity index (χ2v) is 10.2. The molecule has 0 saturated carbocycles. The maximum Gasteiger partial charge on any atom is 0.338 e. The molecule has 1 aliphatic heterocycles. The second-order valence-electron chi connectivity index (χ2n) is 7.41. The minimum absolute atomic E-state index is 0.269. The lowest BCUT2D eigenvalue weighted by Gasteiger charge is -2.22. The third-order valence-electron chi connectivity index (χ3n) is 5.33. The van der Waals surface area contributed by atoms with Crippen molar-refractivity contribution in [3.8, 4) is 11.3 Å². The van der Waals surface area contributed by atoms with Crippen molar-refractivity contribution in [1.29, 1.82) is 0 Å². The molecule has 1 unspecified atom stereocenters. The zero-order valence-corrected chi connectivity index (χ0v) is 21.0. The van der Waals surface area contributed by atoms with Crippen LogP contribution in [-0.4, -0.2) is 17.6 Å². The molecule has 0 radical (unpaired) electrons. The van der Waals surface area contributed by atoms with Gasteiger partial charge in [-0.2, -0.15) is 0 Å². The Morgan fingerprint density at radius 3 is 2.79 bits per heavy atom. The van der Waals surface area contributed by atoms with Crippen LogP contribution < -0.4 is 14.9 Å². The number of carbonyl (C=O) groups is 1. The predicted molar refractivity (Wildman–Crippen MR) is 134 cm³/mol. The summed E-state index contributed by atoms with van der Waals surface area (Å²) in [6, 6.07) is 11.8. The molecule has 4 heterocycles. The van der Waals surface area contributed by atoms with E-state index in [4.69, 9.17) is 32.4 Å². The van der Waals surface area contributed by atoms with Gasteiger partial charge in [-0.15, -0.1) is 11.3 Å². The number of allylic oxidation sites excluding steroid dienone is 1. The van der Waals surface area contributed by atoms with Gasteiger partial charge in [0.05, 0.1) is 27.9 Å².